The van der Waals surface area contributed by atoms with Crippen molar-refractivity contribution >= 4 is 17.8 Å². The first-order valence-electron chi connectivity index (χ1n) is 5.11. The second-order valence-electron chi connectivity index (χ2n) is 3.21. The van der Waals surface area contributed by atoms with Gasteiger partial charge in [0.25, 0.3) is 0 Å². The molecule has 0 atom stereocenters. The van der Waals surface area contributed by atoms with Gasteiger partial charge < -0.3 is 4.74 Å². The summed E-state index contributed by atoms with van der Waals surface area (Å²) in [4.78, 5) is 0. The molecule has 0 saturated carbocycles. The van der Waals surface area contributed by atoms with Crippen LogP contribution < -0.4 is 4.74 Å². The summed E-state index contributed by atoms with van der Waals surface area (Å²) in [7, 11) is 0. The highest BCUT2D eigenvalue weighted by molar-refractivity contribution is 6.32. The molecular weight excluding hydrogens is 240 g/mol. The van der Waals surface area contributed by atoms with E-state index in [1.165, 1.54) is 17.3 Å². The predicted molar refractivity (Wildman–Crippen MR) is 65.6 cm³/mol. The van der Waals surface area contributed by atoms with Crippen molar-refractivity contribution in [3.8, 4) is 5.75 Å². The zero-order valence-corrected chi connectivity index (χ0v) is 10.0. The van der Waals surface area contributed by atoms with E-state index in [4.69, 9.17) is 16.3 Å². The van der Waals surface area contributed by atoms with Crippen molar-refractivity contribution in [3.05, 3.63) is 41.4 Å². The molecule has 0 aliphatic carbocycles. The Balaban J connectivity index is 2.15. The van der Waals surface area contributed by atoms with E-state index in [1.54, 1.807) is 12.3 Å². The van der Waals surface area contributed by atoms with Gasteiger partial charge in [-0.15, -0.1) is 10.2 Å². The van der Waals surface area contributed by atoms with E-state index in [0.717, 1.165) is 5.56 Å². The molecule has 0 bridgehead atoms. The lowest BCUT2D eigenvalue weighted by Gasteiger charge is -2.05. The minimum Gasteiger partial charge on any atom is -0.492 e. The number of ether oxygens (including phenoxy) is 1. The Bertz CT molecular complexity index is 510. The number of hydrogen-bond donors (Lipinski definition) is 0. The van der Waals surface area contributed by atoms with Gasteiger partial charge in [-0.25, -0.2) is 4.68 Å². The summed E-state index contributed by atoms with van der Waals surface area (Å²) >= 11 is 6.05. The number of benzene rings is 1. The van der Waals surface area contributed by atoms with E-state index in [9.17, 15) is 0 Å². The summed E-state index contributed by atoms with van der Waals surface area (Å²) in [5.41, 5.74) is 0.882. The van der Waals surface area contributed by atoms with Crippen molar-refractivity contribution in [3.63, 3.8) is 0 Å². The van der Waals surface area contributed by atoms with Gasteiger partial charge >= 0.3 is 0 Å². The highest BCUT2D eigenvalue weighted by Crippen LogP contribution is 2.24. The fourth-order valence-electron chi connectivity index (χ4n) is 1.26. The first kappa shape index (κ1) is 11.6. The van der Waals surface area contributed by atoms with Gasteiger partial charge in [0.2, 0.25) is 0 Å². The van der Waals surface area contributed by atoms with Gasteiger partial charge in [-0.1, -0.05) is 11.6 Å². The molecule has 0 spiro atoms. The topological polar surface area (TPSA) is 52.3 Å². The lowest BCUT2D eigenvalue weighted by atomic mass is 10.2. The van der Waals surface area contributed by atoms with Crippen molar-refractivity contribution in [2.45, 2.75) is 6.92 Å². The van der Waals surface area contributed by atoms with Crippen molar-refractivity contribution in [1.82, 2.24) is 14.9 Å². The molecule has 0 aliphatic heterocycles. The summed E-state index contributed by atoms with van der Waals surface area (Å²) in [5, 5.41) is 12.0. The Kier molecular flexibility index (Phi) is 3.72. The van der Waals surface area contributed by atoms with Crippen LogP contribution >= 0.6 is 11.6 Å². The van der Waals surface area contributed by atoms with Crippen LogP contribution in [0.1, 0.15) is 12.5 Å². The first-order valence-corrected chi connectivity index (χ1v) is 5.48. The smallest absolute Gasteiger partial charge is 0.141 e. The summed E-state index contributed by atoms with van der Waals surface area (Å²) in [6, 6.07) is 5.49. The van der Waals surface area contributed by atoms with Gasteiger partial charge in [0.15, 0.2) is 0 Å². The summed E-state index contributed by atoms with van der Waals surface area (Å²) in [6.45, 7) is 2.51. The molecule has 0 fully saturated rings. The molecule has 0 radical (unpaired) electrons. The highest BCUT2D eigenvalue weighted by atomic mass is 35.5. The standard InChI is InChI=1S/C11H11ClN4O/c1-2-17-11-4-3-9(5-10(11)12)6-15-16-7-13-14-8-16/h3-8H,2H2,1H3. The van der Waals surface area contributed by atoms with Crippen LogP contribution in [0.15, 0.2) is 36.0 Å². The van der Waals surface area contributed by atoms with Gasteiger partial charge in [0.1, 0.15) is 18.4 Å². The SMILES string of the molecule is CCOc1ccc(C=Nn2cnnc2)cc1Cl. The molecule has 1 aromatic carbocycles. The molecule has 1 aromatic heterocycles. The fraction of sp³-hybridized carbons (Fsp3) is 0.182. The summed E-state index contributed by atoms with van der Waals surface area (Å²) in [6.07, 6.45) is 4.68. The van der Waals surface area contributed by atoms with E-state index in [2.05, 4.69) is 15.3 Å². The maximum absolute atomic E-state index is 6.05. The number of aromatic nitrogens is 3. The first-order chi connectivity index (χ1) is 8.29. The molecule has 2 rings (SSSR count). The maximum Gasteiger partial charge on any atom is 0.141 e. The molecular formula is C11H11ClN4O. The predicted octanol–water partition coefficient (Wildman–Crippen LogP) is 2.21. The van der Waals surface area contributed by atoms with Gasteiger partial charge in [-0.05, 0) is 30.7 Å². The van der Waals surface area contributed by atoms with Crippen LogP contribution in [0.3, 0.4) is 0 Å². The van der Waals surface area contributed by atoms with Crippen LogP contribution in [-0.4, -0.2) is 27.7 Å². The van der Waals surface area contributed by atoms with Gasteiger partial charge in [0.05, 0.1) is 17.8 Å². The number of nitrogens with zero attached hydrogens (tertiary/aromatic N) is 4. The maximum atomic E-state index is 6.05. The largest absolute Gasteiger partial charge is 0.492 e. The fourth-order valence-corrected chi connectivity index (χ4v) is 1.50. The minimum absolute atomic E-state index is 0.569. The minimum atomic E-state index is 0.569. The zero-order valence-electron chi connectivity index (χ0n) is 9.25. The van der Waals surface area contributed by atoms with Crippen molar-refractivity contribution < 1.29 is 4.74 Å². The molecule has 6 heteroatoms. The van der Waals surface area contributed by atoms with Gasteiger partial charge in [0, 0.05) is 0 Å². The Morgan fingerprint density at radius 3 is 2.82 bits per heavy atom. The quantitative estimate of drug-likeness (QED) is 0.782. The third kappa shape index (κ3) is 3.04. The molecule has 1 heterocycles. The van der Waals surface area contributed by atoms with E-state index >= 15 is 0 Å². The molecule has 0 unspecified atom stereocenters. The van der Waals surface area contributed by atoms with Crippen LogP contribution in [-0.2, 0) is 0 Å². The lowest BCUT2D eigenvalue weighted by molar-refractivity contribution is 0.340. The normalized spacial score (nSPS) is 10.9. The Morgan fingerprint density at radius 1 is 1.41 bits per heavy atom. The zero-order chi connectivity index (χ0) is 12.1. The van der Waals surface area contributed by atoms with Crippen molar-refractivity contribution in [2.75, 3.05) is 6.61 Å². The van der Waals surface area contributed by atoms with E-state index in [-0.39, 0.29) is 0 Å². The number of hydrogen-bond acceptors (Lipinski definition) is 4. The average Bonchev–Trinajstić information content (AvgIpc) is 2.83. The van der Waals surface area contributed by atoms with Crippen molar-refractivity contribution in [2.24, 2.45) is 5.10 Å². The van der Waals surface area contributed by atoms with Crippen LogP contribution in [0, 0.1) is 0 Å². The van der Waals surface area contributed by atoms with E-state index in [0.29, 0.717) is 17.4 Å². The Morgan fingerprint density at radius 2 is 2.18 bits per heavy atom. The number of halogens is 1. The van der Waals surface area contributed by atoms with E-state index in [1.807, 2.05) is 19.1 Å². The summed E-state index contributed by atoms with van der Waals surface area (Å²) < 4.78 is 6.84. The molecule has 88 valence electrons. The Hall–Kier alpha value is -1.88. The Labute approximate surface area is 104 Å². The van der Waals surface area contributed by atoms with Crippen LogP contribution in [0.2, 0.25) is 5.02 Å². The number of rotatable bonds is 4. The van der Waals surface area contributed by atoms with Crippen molar-refractivity contribution in [1.29, 1.82) is 0 Å². The molecule has 0 saturated heterocycles. The van der Waals surface area contributed by atoms with E-state index < -0.39 is 0 Å². The van der Waals surface area contributed by atoms with Crippen LogP contribution in [0.25, 0.3) is 0 Å². The average molecular weight is 251 g/mol. The molecule has 17 heavy (non-hydrogen) atoms. The third-order valence-corrected chi connectivity index (χ3v) is 2.30. The lowest BCUT2D eigenvalue weighted by Crippen LogP contribution is -1.93. The van der Waals surface area contributed by atoms with Crippen LogP contribution in [0.4, 0.5) is 0 Å². The van der Waals surface area contributed by atoms with Crippen LogP contribution in [0.5, 0.6) is 5.75 Å². The van der Waals surface area contributed by atoms with Gasteiger partial charge in [-0.3, -0.25) is 0 Å². The third-order valence-electron chi connectivity index (χ3n) is 2.00. The molecule has 0 amide bonds. The molecule has 5 nitrogen and oxygen atoms in total. The second-order valence-corrected chi connectivity index (χ2v) is 3.62. The molecule has 0 aliphatic rings. The van der Waals surface area contributed by atoms with Gasteiger partial charge in [-0.2, -0.15) is 5.10 Å². The monoisotopic (exact) mass is 250 g/mol. The molecule has 2 aromatic rings. The second kappa shape index (κ2) is 5.45. The molecule has 0 N–H and O–H groups in total. The summed E-state index contributed by atoms with van der Waals surface area (Å²) in [5.74, 6) is 0.676. The highest BCUT2D eigenvalue weighted by Gasteiger charge is 2.00.